The molecule has 152 valence electrons. The van der Waals surface area contributed by atoms with Crippen LogP contribution in [-0.4, -0.2) is 68.7 Å². The van der Waals surface area contributed by atoms with E-state index in [-0.39, 0.29) is 17.8 Å². The van der Waals surface area contributed by atoms with E-state index < -0.39 is 26.1 Å². The van der Waals surface area contributed by atoms with E-state index >= 15 is 0 Å². The van der Waals surface area contributed by atoms with E-state index in [1.165, 1.54) is 0 Å². The minimum atomic E-state index is -5.66. The van der Waals surface area contributed by atoms with Crippen LogP contribution in [0.4, 0.5) is 23.2 Å². The molecule has 27 heavy (non-hydrogen) atoms. The summed E-state index contributed by atoms with van der Waals surface area (Å²) in [6.45, 7) is 2.85. The van der Waals surface area contributed by atoms with Gasteiger partial charge in [0, 0.05) is 30.9 Å². The Hall–Kier alpha value is -1.04. The Morgan fingerprint density at radius 2 is 1.96 bits per heavy atom. The average molecular weight is 428 g/mol. The van der Waals surface area contributed by atoms with Crippen LogP contribution in [0.1, 0.15) is 6.42 Å². The van der Waals surface area contributed by atoms with Crippen LogP contribution in [0.15, 0.2) is 23.1 Å². The van der Waals surface area contributed by atoms with Crippen molar-refractivity contribution in [1.29, 1.82) is 0 Å². The molecule has 1 aromatic carbocycles. The Bertz CT molecular complexity index is 774. The van der Waals surface area contributed by atoms with Gasteiger partial charge in [-0.25, -0.2) is 12.8 Å². The Balaban J connectivity index is 1.87. The number of alkyl halides is 3. The Labute approximate surface area is 159 Å². The predicted octanol–water partition coefficient (Wildman–Crippen LogP) is 2.74. The van der Waals surface area contributed by atoms with Crippen LogP contribution < -0.4 is 5.32 Å². The van der Waals surface area contributed by atoms with Crippen molar-refractivity contribution in [2.75, 3.05) is 49.7 Å². The van der Waals surface area contributed by atoms with Gasteiger partial charge in [-0.2, -0.15) is 24.9 Å². The van der Waals surface area contributed by atoms with Crippen LogP contribution in [0, 0.1) is 5.82 Å². The summed E-state index contributed by atoms with van der Waals surface area (Å²) in [4.78, 5) is 1.16. The van der Waals surface area contributed by atoms with Crippen LogP contribution in [0.2, 0.25) is 0 Å². The molecule has 5 nitrogen and oxygen atoms in total. The Morgan fingerprint density at radius 1 is 1.26 bits per heavy atom. The van der Waals surface area contributed by atoms with Crippen LogP contribution in [0.3, 0.4) is 0 Å². The SMILES string of the molecule is O=S(=O)(c1cc(F)ccc1NCC1(N2CCOCC2)CCSC1)C(F)(F)F. The molecule has 1 N–H and O–H groups in total. The summed E-state index contributed by atoms with van der Waals surface area (Å²) in [6, 6.07) is 2.40. The van der Waals surface area contributed by atoms with Crippen molar-refractivity contribution < 1.29 is 30.7 Å². The van der Waals surface area contributed by atoms with Crippen molar-refractivity contribution in [3.8, 4) is 0 Å². The first-order chi connectivity index (χ1) is 12.7. The van der Waals surface area contributed by atoms with Crippen molar-refractivity contribution >= 4 is 27.3 Å². The third-order valence-corrected chi connectivity index (χ3v) is 7.67. The molecule has 3 rings (SSSR count). The molecule has 1 aromatic rings. The molecule has 2 heterocycles. The molecule has 0 amide bonds. The van der Waals surface area contributed by atoms with Gasteiger partial charge in [-0.05, 0) is 30.4 Å². The normalized spacial score (nSPS) is 24.9. The summed E-state index contributed by atoms with van der Waals surface area (Å²) in [7, 11) is -5.66. The van der Waals surface area contributed by atoms with Gasteiger partial charge in [-0.1, -0.05) is 0 Å². The zero-order valence-electron chi connectivity index (χ0n) is 14.4. The van der Waals surface area contributed by atoms with Crippen molar-refractivity contribution in [3.63, 3.8) is 0 Å². The largest absolute Gasteiger partial charge is 0.501 e. The number of anilines is 1. The first-order valence-electron chi connectivity index (χ1n) is 8.41. The van der Waals surface area contributed by atoms with Gasteiger partial charge in [0.15, 0.2) is 0 Å². The lowest BCUT2D eigenvalue weighted by molar-refractivity contribution is -0.0435. The van der Waals surface area contributed by atoms with E-state index in [0.29, 0.717) is 32.4 Å². The summed E-state index contributed by atoms with van der Waals surface area (Å²) in [5.41, 5.74) is -6.04. The highest BCUT2D eigenvalue weighted by molar-refractivity contribution is 7.99. The van der Waals surface area contributed by atoms with Crippen molar-refractivity contribution in [1.82, 2.24) is 4.90 Å². The van der Waals surface area contributed by atoms with E-state index in [4.69, 9.17) is 4.74 Å². The van der Waals surface area contributed by atoms with Crippen molar-refractivity contribution in [2.45, 2.75) is 22.4 Å². The maximum atomic E-state index is 13.5. The van der Waals surface area contributed by atoms with E-state index in [9.17, 15) is 26.0 Å². The quantitative estimate of drug-likeness (QED) is 0.728. The molecule has 0 spiro atoms. The monoisotopic (exact) mass is 428 g/mol. The smallest absolute Gasteiger partial charge is 0.382 e. The van der Waals surface area contributed by atoms with Gasteiger partial charge in [0.05, 0.1) is 18.9 Å². The minimum Gasteiger partial charge on any atom is -0.382 e. The van der Waals surface area contributed by atoms with Gasteiger partial charge >= 0.3 is 5.51 Å². The predicted molar refractivity (Wildman–Crippen MR) is 95.2 cm³/mol. The lowest BCUT2D eigenvalue weighted by atomic mass is 9.95. The third-order valence-electron chi connectivity index (χ3n) is 4.91. The van der Waals surface area contributed by atoms with Crippen LogP contribution >= 0.6 is 11.8 Å². The number of hydrogen-bond donors (Lipinski definition) is 1. The van der Waals surface area contributed by atoms with Gasteiger partial charge in [-0.15, -0.1) is 0 Å². The van der Waals surface area contributed by atoms with E-state index in [2.05, 4.69) is 10.2 Å². The number of thioether (sulfide) groups is 1. The number of ether oxygens (including phenoxy) is 1. The number of benzene rings is 1. The lowest BCUT2D eigenvalue weighted by Crippen LogP contribution is -2.57. The molecular formula is C16H20F4N2O3S2. The van der Waals surface area contributed by atoms with Gasteiger partial charge in [0.2, 0.25) is 0 Å². The molecule has 0 bridgehead atoms. The molecule has 0 aromatic heterocycles. The molecule has 2 aliphatic heterocycles. The van der Waals surface area contributed by atoms with E-state index in [1.807, 2.05) is 0 Å². The topological polar surface area (TPSA) is 58.6 Å². The number of rotatable bonds is 5. The molecule has 11 heteroatoms. The maximum Gasteiger partial charge on any atom is 0.501 e. The van der Waals surface area contributed by atoms with Crippen molar-refractivity contribution in [3.05, 3.63) is 24.0 Å². The number of nitrogens with one attached hydrogen (secondary N) is 1. The Morgan fingerprint density at radius 3 is 2.56 bits per heavy atom. The zero-order chi connectivity index (χ0) is 19.7. The first kappa shape index (κ1) is 20.7. The molecule has 2 fully saturated rings. The molecule has 2 saturated heterocycles. The van der Waals surface area contributed by atoms with Crippen LogP contribution in [0.25, 0.3) is 0 Å². The molecule has 0 radical (unpaired) electrons. The van der Waals surface area contributed by atoms with E-state index in [0.717, 1.165) is 30.1 Å². The molecule has 1 atom stereocenters. The highest BCUT2D eigenvalue weighted by Crippen LogP contribution is 2.37. The highest BCUT2D eigenvalue weighted by atomic mass is 32.2. The summed E-state index contributed by atoms with van der Waals surface area (Å²) >= 11 is 1.75. The van der Waals surface area contributed by atoms with Gasteiger partial charge < -0.3 is 10.1 Å². The van der Waals surface area contributed by atoms with Crippen LogP contribution in [0.5, 0.6) is 0 Å². The summed E-state index contributed by atoms with van der Waals surface area (Å²) in [5, 5.41) is 2.86. The fourth-order valence-corrected chi connectivity index (χ4v) is 5.81. The van der Waals surface area contributed by atoms with Gasteiger partial charge in [0.25, 0.3) is 9.84 Å². The number of morpholine rings is 1. The molecular weight excluding hydrogens is 408 g/mol. The number of hydrogen-bond acceptors (Lipinski definition) is 6. The van der Waals surface area contributed by atoms with E-state index in [1.54, 1.807) is 11.8 Å². The lowest BCUT2D eigenvalue weighted by Gasteiger charge is -2.43. The average Bonchev–Trinajstić information content (AvgIpc) is 3.10. The Kier molecular flexibility index (Phi) is 5.95. The van der Waals surface area contributed by atoms with Crippen LogP contribution in [-0.2, 0) is 14.6 Å². The van der Waals surface area contributed by atoms with Gasteiger partial charge in [-0.3, -0.25) is 4.90 Å². The number of halogens is 4. The fraction of sp³-hybridized carbons (Fsp3) is 0.625. The maximum absolute atomic E-state index is 13.5. The third kappa shape index (κ3) is 4.20. The second-order valence-corrected chi connectivity index (χ2v) is 9.58. The number of nitrogens with zero attached hydrogens (tertiary/aromatic N) is 1. The second kappa shape index (κ2) is 7.76. The fourth-order valence-electron chi connectivity index (χ4n) is 3.38. The summed E-state index contributed by atoms with van der Waals surface area (Å²) < 4.78 is 81.5. The van der Waals surface area contributed by atoms with Crippen molar-refractivity contribution in [2.24, 2.45) is 0 Å². The second-order valence-electron chi connectivity index (χ2n) is 6.57. The highest BCUT2D eigenvalue weighted by Gasteiger charge is 2.48. The summed E-state index contributed by atoms with van der Waals surface area (Å²) in [6.07, 6.45) is 0.827. The first-order valence-corrected chi connectivity index (χ1v) is 11.0. The number of sulfone groups is 1. The standard InChI is InChI=1S/C16H20F4N2O3S2/c17-12-1-2-13(14(9-12)27(23,24)16(18,19)20)21-10-15(3-8-26-11-15)22-4-6-25-7-5-22/h1-2,9,21H,3-8,10-11H2. The zero-order valence-corrected chi connectivity index (χ0v) is 16.0. The minimum absolute atomic E-state index is 0.238. The molecule has 0 saturated carbocycles. The summed E-state index contributed by atoms with van der Waals surface area (Å²) in [5.74, 6) is 0.654. The van der Waals surface area contributed by atoms with Gasteiger partial charge in [0.1, 0.15) is 10.7 Å². The molecule has 2 aliphatic rings. The molecule has 1 unspecified atom stereocenters. The molecule has 0 aliphatic carbocycles.